The Morgan fingerprint density at radius 2 is 1.98 bits per heavy atom. The number of hydrogen-bond acceptors (Lipinski definition) is 6. The number of amides is 2. The molecule has 40 heavy (non-hydrogen) atoms. The minimum Gasteiger partial charge on any atom is -0.375 e. The van der Waals surface area contributed by atoms with E-state index in [9.17, 15) is 27.9 Å². The summed E-state index contributed by atoms with van der Waals surface area (Å²) in [5.74, 6) is -1.84. The highest BCUT2D eigenvalue weighted by Crippen LogP contribution is 2.42. The lowest BCUT2D eigenvalue weighted by Crippen LogP contribution is -2.41. The van der Waals surface area contributed by atoms with Crippen molar-refractivity contribution >= 4 is 28.5 Å². The van der Waals surface area contributed by atoms with Crippen molar-refractivity contribution < 1.29 is 32.3 Å². The van der Waals surface area contributed by atoms with Crippen molar-refractivity contribution in [2.75, 3.05) is 5.32 Å². The second-order valence-electron chi connectivity index (χ2n) is 10.2. The van der Waals surface area contributed by atoms with Gasteiger partial charge in [-0.15, -0.1) is 0 Å². The Morgan fingerprint density at radius 3 is 2.65 bits per heavy atom. The summed E-state index contributed by atoms with van der Waals surface area (Å²) < 4.78 is 56.9. The Labute approximate surface area is 227 Å². The molecule has 2 heterocycles. The lowest BCUT2D eigenvalue weighted by molar-refractivity contribution is -0.260. The molecule has 2 aromatic heterocycles. The number of aliphatic hydroxyl groups is 1. The molecule has 3 aromatic rings. The van der Waals surface area contributed by atoms with Gasteiger partial charge in [0.25, 0.3) is 0 Å². The van der Waals surface area contributed by atoms with Crippen LogP contribution in [-0.4, -0.2) is 43.9 Å². The smallest absolute Gasteiger partial charge is 0.375 e. The highest BCUT2D eigenvalue weighted by Gasteiger charge is 2.54. The molecule has 4 rings (SSSR count). The molecular formula is C27H28F4N6O3. The Morgan fingerprint density at radius 1 is 1.25 bits per heavy atom. The van der Waals surface area contributed by atoms with Crippen molar-refractivity contribution in [1.29, 1.82) is 5.26 Å². The van der Waals surface area contributed by atoms with Gasteiger partial charge in [-0.05, 0) is 68.0 Å². The molecule has 0 aliphatic heterocycles. The molecule has 0 saturated heterocycles. The number of alkyl halides is 3. The number of aromatic nitrogens is 3. The van der Waals surface area contributed by atoms with E-state index in [0.29, 0.717) is 43.7 Å². The van der Waals surface area contributed by atoms with Crippen molar-refractivity contribution in [1.82, 2.24) is 20.1 Å². The monoisotopic (exact) mass is 560 g/mol. The fourth-order valence-electron chi connectivity index (χ4n) is 5.16. The molecule has 1 aromatic carbocycles. The zero-order valence-corrected chi connectivity index (χ0v) is 22.1. The Bertz CT molecular complexity index is 1510. The summed E-state index contributed by atoms with van der Waals surface area (Å²) in [6.07, 6.45) is -1.46. The maximum atomic E-state index is 15.1. The van der Waals surface area contributed by atoms with Crippen LogP contribution in [0.25, 0.3) is 22.0 Å². The van der Waals surface area contributed by atoms with E-state index in [2.05, 4.69) is 20.7 Å². The summed E-state index contributed by atoms with van der Waals surface area (Å²) in [6.45, 7) is 2.27. The highest BCUT2D eigenvalue weighted by molar-refractivity contribution is 5.93. The molecule has 1 aliphatic rings. The molecule has 9 nitrogen and oxygen atoms in total. The lowest BCUT2D eigenvalue weighted by atomic mass is 9.85. The van der Waals surface area contributed by atoms with Crippen molar-refractivity contribution in [2.45, 2.75) is 63.8 Å². The number of carbonyl (C=O) groups excluding carboxylic acids is 2. The molecule has 1 saturated carbocycles. The Balaban J connectivity index is 1.63. The molecule has 13 heteroatoms. The largest absolute Gasteiger partial charge is 0.422 e. The average Bonchev–Trinajstić information content (AvgIpc) is 3.21. The highest BCUT2D eigenvalue weighted by atomic mass is 19.4. The van der Waals surface area contributed by atoms with Crippen molar-refractivity contribution in [3.8, 4) is 17.2 Å². The van der Waals surface area contributed by atoms with Gasteiger partial charge in [0, 0.05) is 30.6 Å². The average molecular weight is 561 g/mol. The fraction of sp³-hybridized carbons (Fsp3) is 0.444. The van der Waals surface area contributed by atoms with Crippen molar-refractivity contribution in [3.05, 3.63) is 41.5 Å². The molecule has 2 unspecified atom stereocenters. The molecule has 0 spiro atoms. The van der Waals surface area contributed by atoms with Crippen LogP contribution in [0.4, 0.5) is 23.4 Å². The number of nitrogens with one attached hydrogen (secondary N) is 2. The Hall–Kier alpha value is -4.05. The first-order valence-electron chi connectivity index (χ1n) is 12.6. The summed E-state index contributed by atoms with van der Waals surface area (Å²) >= 11 is 0. The lowest BCUT2D eigenvalue weighted by Gasteiger charge is -2.28. The number of benzene rings is 1. The quantitative estimate of drug-likeness (QED) is 0.384. The van der Waals surface area contributed by atoms with Gasteiger partial charge in [-0.1, -0.05) is 6.42 Å². The van der Waals surface area contributed by atoms with Gasteiger partial charge in [-0.2, -0.15) is 23.5 Å². The molecule has 1 aliphatic carbocycles. The number of aryl methyl sites for hydroxylation is 2. The molecule has 2 amide bonds. The molecular weight excluding hydrogens is 532 g/mol. The number of halogens is 4. The van der Waals surface area contributed by atoms with E-state index < -0.39 is 35.1 Å². The van der Waals surface area contributed by atoms with E-state index >= 15 is 4.39 Å². The second-order valence-corrected chi connectivity index (χ2v) is 10.2. The molecule has 0 bridgehead atoms. The van der Waals surface area contributed by atoms with E-state index in [1.165, 1.54) is 25.4 Å². The van der Waals surface area contributed by atoms with Gasteiger partial charge >= 0.3 is 6.18 Å². The topological polar surface area (TPSA) is 133 Å². The maximum absolute atomic E-state index is 15.1. The number of anilines is 1. The SMILES string of the molecule is Cc1cnc(NC(=O)C2CCC[C@@H](NC(=O)CC#N)C2)cc1-c1cc(F)c2nn(C)c(C(C)(O)C(F)(F)F)c2c1. The number of nitriles is 1. The molecule has 3 N–H and O–H groups in total. The first-order valence-corrected chi connectivity index (χ1v) is 12.6. The predicted octanol–water partition coefficient (Wildman–Crippen LogP) is 4.38. The first-order chi connectivity index (χ1) is 18.7. The van der Waals surface area contributed by atoms with Crippen LogP contribution in [0.15, 0.2) is 24.4 Å². The third kappa shape index (κ3) is 5.62. The molecule has 1 fully saturated rings. The van der Waals surface area contributed by atoms with Crippen LogP contribution < -0.4 is 10.6 Å². The zero-order valence-electron chi connectivity index (χ0n) is 22.1. The number of fused-ring (bicyclic) bond motifs is 1. The minimum atomic E-state index is -5.04. The van der Waals surface area contributed by atoms with E-state index in [-0.39, 0.29) is 40.7 Å². The number of carbonyl (C=O) groups is 2. The van der Waals surface area contributed by atoms with Crippen LogP contribution in [0.2, 0.25) is 0 Å². The van der Waals surface area contributed by atoms with Crippen LogP contribution >= 0.6 is 0 Å². The number of hydrogen-bond donors (Lipinski definition) is 3. The van der Waals surface area contributed by atoms with Crippen LogP contribution in [0.5, 0.6) is 0 Å². The van der Waals surface area contributed by atoms with Crippen LogP contribution in [0, 0.1) is 30.0 Å². The van der Waals surface area contributed by atoms with E-state index in [1.54, 1.807) is 13.0 Å². The molecule has 212 valence electrons. The normalized spacial score (nSPS) is 19.1. The van der Waals surface area contributed by atoms with Gasteiger partial charge in [0.1, 0.15) is 17.8 Å². The fourth-order valence-corrected chi connectivity index (χ4v) is 5.16. The number of nitrogens with zero attached hydrogens (tertiary/aromatic N) is 4. The summed E-state index contributed by atoms with van der Waals surface area (Å²) in [5, 5.41) is 28.2. The van der Waals surface area contributed by atoms with Gasteiger partial charge in [-0.3, -0.25) is 14.3 Å². The predicted molar refractivity (Wildman–Crippen MR) is 137 cm³/mol. The van der Waals surface area contributed by atoms with E-state index in [1.807, 2.05) is 0 Å². The third-order valence-electron chi connectivity index (χ3n) is 7.22. The van der Waals surface area contributed by atoms with Gasteiger partial charge in [0.15, 0.2) is 11.4 Å². The van der Waals surface area contributed by atoms with Crippen molar-refractivity contribution in [3.63, 3.8) is 0 Å². The third-order valence-corrected chi connectivity index (χ3v) is 7.22. The summed E-state index contributed by atoms with van der Waals surface area (Å²) in [5.41, 5.74) is -3.02. The Kier molecular flexibility index (Phi) is 7.85. The number of pyridine rings is 1. The standard InChI is InChI=1S/C27H28F4N6O3/c1-14-13-33-21(35-25(39)15-5-4-6-17(9-15)34-22(38)7-8-32)12-18(14)16-10-19-23(20(28)11-16)36-37(3)24(19)26(2,40)27(29,30)31/h10-13,15,17,40H,4-7,9H2,1-3H3,(H,34,38)(H,33,35,39)/t15?,17-,26?/m1/s1. The van der Waals surface area contributed by atoms with Gasteiger partial charge in [0.2, 0.25) is 11.8 Å². The number of rotatable bonds is 6. The van der Waals surface area contributed by atoms with E-state index in [0.717, 1.165) is 10.7 Å². The van der Waals surface area contributed by atoms with Gasteiger partial charge in [-0.25, -0.2) is 9.37 Å². The second kappa shape index (κ2) is 10.8. The molecule has 3 atom stereocenters. The first kappa shape index (κ1) is 28.9. The minimum absolute atomic E-state index is 0.162. The van der Waals surface area contributed by atoms with Gasteiger partial charge in [0.05, 0.1) is 11.8 Å². The molecule has 0 radical (unpaired) electrons. The zero-order chi connectivity index (χ0) is 29.4. The van der Waals surface area contributed by atoms with Crippen LogP contribution in [0.1, 0.15) is 50.3 Å². The summed E-state index contributed by atoms with van der Waals surface area (Å²) in [4.78, 5) is 29.0. The van der Waals surface area contributed by atoms with Crippen LogP contribution in [-0.2, 0) is 22.2 Å². The van der Waals surface area contributed by atoms with Crippen LogP contribution in [0.3, 0.4) is 0 Å². The summed E-state index contributed by atoms with van der Waals surface area (Å²) in [6, 6.07) is 5.51. The maximum Gasteiger partial charge on any atom is 0.422 e. The van der Waals surface area contributed by atoms with Crippen molar-refractivity contribution in [2.24, 2.45) is 13.0 Å². The van der Waals surface area contributed by atoms with E-state index in [4.69, 9.17) is 5.26 Å². The van der Waals surface area contributed by atoms with Gasteiger partial charge < -0.3 is 15.7 Å². The summed E-state index contributed by atoms with van der Waals surface area (Å²) in [7, 11) is 1.20.